The molecular formula is C15H15N3O6. The highest BCUT2D eigenvalue weighted by Gasteiger charge is 2.25. The van der Waals surface area contributed by atoms with E-state index in [0.29, 0.717) is 5.56 Å². The van der Waals surface area contributed by atoms with Crippen molar-refractivity contribution < 1.29 is 14.8 Å². The Labute approximate surface area is 137 Å². The Hall–Kier alpha value is -3.36. The van der Waals surface area contributed by atoms with Crippen molar-refractivity contribution in [1.29, 1.82) is 0 Å². The van der Waals surface area contributed by atoms with E-state index < -0.39 is 26.1 Å². The van der Waals surface area contributed by atoms with Gasteiger partial charge in [-0.3, -0.25) is 30.3 Å². The van der Waals surface area contributed by atoms with E-state index in [1.54, 1.807) is 13.0 Å². The van der Waals surface area contributed by atoms with Crippen LogP contribution in [-0.4, -0.2) is 14.8 Å². The standard InChI is InChI=1S/C13H9N3O6.C2H6/c1-8-2-4-10(12(6-8)15(19)20)11-5-3-9(14(17)18)7-13(11)16(21)22;1-2/h2-7H,1H3;1-2H3. The molecule has 2 aromatic rings. The van der Waals surface area contributed by atoms with Gasteiger partial charge in [0.15, 0.2) is 0 Å². The zero-order valence-electron chi connectivity index (χ0n) is 13.3. The molecule has 0 aliphatic rings. The summed E-state index contributed by atoms with van der Waals surface area (Å²) in [5.74, 6) is 0. The summed E-state index contributed by atoms with van der Waals surface area (Å²) in [5, 5.41) is 33.0. The summed E-state index contributed by atoms with van der Waals surface area (Å²) in [6.45, 7) is 5.65. The maximum Gasteiger partial charge on any atom is 0.284 e. The first-order chi connectivity index (χ1) is 11.3. The quantitative estimate of drug-likeness (QED) is 0.601. The first kappa shape index (κ1) is 18.7. The minimum absolute atomic E-state index is 0.0391. The number of hydrogen-bond donors (Lipinski definition) is 0. The lowest BCUT2D eigenvalue weighted by Gasteiger charge is -2.05. The molecule has 126 valence electrons. The second-order valence-corrected chi connectivity index (χ2v) is 4.49. The van der Waals surface area contributed by atoms with Crippen molar-refractivity contribution in [2.45, 2.75) is 20.8 Å². The van der Waals surface area contributed by atoms with Crippen LogP contribution in [0.5, 0.6) is 0 Å². The molecule has 0 fully saturated rings. The van der Waals surface area contributed by atoms with Crippen LogP contribution in [0.1, 0.15) is 19.4 Å². The van der Waals surface area contributed by atoms with Gasteiger partial charge in [-0.15, -0.1) is 0 Å². The molecule has 0 saturated carbocycles. The van der Waals surface area contributed by atoms with Crippen LogP contribution in [-0.2, 0) is 0 Å². The number of non-ortho nitro benzene ring substituents is 1. The van der Waals surface area contributed by atoms with E-state index in [-0.39, 0.29) is 16.8 Å². The summed E-state index contributed by atoms with van der Waals surface area (Å²) in [6, 6.07) is 7.27. The molecule has 0 N–H and O–H groups in total. The van der Waals surface area contributed by atoms with E-state index >= 15 is 0 Å². The van der Waals surface area contributed by atoms with Gasteiger partial charge < -0.3 is 0 Å². The Morgan fingerprint density at radius 2 is 1.17 bits per heavy atom. The average Bonchev–Trinajstić information content (AvgIpc) is 2.56. The van der Waals surface area contributed by atoms with Crippen molar-refractivity contribution in [3.63, 3.8) is 0 Å². The number of benzene rings is 2. The average molecular weight is 333 g/mol. The summed E-state index contributed by atoms with van der Waals surface area (Å²) in [5.41, 5.74) is -0.678. The molecule has 2 aromatic carbocycles. The Bertz CT molecular complexity index is 804. The van der Waals surface area contributed by atoms with Crippen molar-refractivity contribution in [2.24, 2.45) is 0 Å². The Morgan fingerprint density at radius 1 is 0.708 bits per heavy atom. The van der Waals surface area contributed by atoms with Gasteiger partial charge in [-0.05, 0) is 24.6 Å². The minimum atomic E-state index is -0.800. The molecule has 0 bridgehead atoms. The van der Waals surface area contributed by atoms with Gasteiger partial charge in [0.2, 0.25) is 0 Å². The molecule has 0 aliphatic heterocycles. The van der Waals surface area contributed by atoms with E-state index in [9.17, 15) is 30.3 Å². The van der Waals surface area contributed by atoms with Crippen LogP contribution in [0, 0.1) is 37.3 Å². The van der Waals surface area contributed by atoms with Gasteiger partial charge in [0.1, 0.15) is 0 Å². The van der Waals surface area contributed by atoms with Crippen LogP contribution >= 0.6 is 0 Å². The van der Waals surface area contributed by atoms with Crippen LogP contribution in [0.15, 0.2) is 36.4 Å². The summed E-state index contributed by atoms with van der Waals surface area (Å²) < 4.78 is 0. The first-order valence-corrected chi connectivity index (χ1v) is 6.99. The van der Waals surface area contributed by atoms with Gasteiger partial charge in [0.25, 0.3) is 17.1 Å². The van der Waals surface area contributed by atoms with Crippen LogP contribution in [0.2, 0.25) is 0 Å². The Morgan fingerprint density at radius 3 is 1.62 bits per heavy atom. The van der Waals surface area contributed by atoms with Crippen LogP contribution in [0.25, 0.3) is 11.1 Å². The van der Waals surface area contributed by atoms with Crippen LogP contribution in [0.4, 0.5) is 17.1 Å². The van der Waals surface area contributed by atoms with E-state index in [1.165, 1.54) is 12.1 Å². The van der Waals surface area contributed by atoms with Gasteiger partial charge >= 0.3 is 0 Å². The van der Waals surface area contributed by atoms with Crippen molar-refractivity contribution in [2.75, 3.05) is 0 Å². The maximum atomic E-state index is 11.1. The van der Waals surface area contributed by atoms with E-state index in [4.69, 9.17) is 0 Å². The zero-order chi connectivity index (χ0) is 18.4. The summed E-state index contributed by atoms with van der Waals surface area (Å²) in [6.07, 6.45) is 0. The first-order valence-electron chi connectivity index (χ1n) is 6.99. The molecule has 0 aromatic heterocycles. The minimum Gasteiger partial charge on any atom is -0.258 e. The van der Waals surface area contributed by atoms with Crippen molar-refractivity contribution >= 4 is 17.1 Å². The Balaban J connectivity index is 0.00000139. The fraction of sp³-hybridized carbons (Fsp3) is 0.200. The summed E-state index contributed by atoms with van der Waals surface area (Å²) >= 11 is 0. The monoisotopic (exact) mass is 333 g/mol. The predicted molar refractivity (Wildman–Crippen MR) is 87.9 cm³/mol. The number of rotatable bonds is 4. The van der Waals surface area contributed by atoms with Crippen molar-refractivity contribution in [1.82, 2.24) is 0 Å². The van der Waals surface area contributed by atoms with E-state index in [0.717, 1.165) is 18.2 Å². The molecule has 9 heteroatoms. The third kappa shape index (κ3) is 3.88. The summed E-state index contributed by atoms with van der Waals surface area (Å²) in [7, 11) is 0. The molecule has 24 heavy (non-hydrogen) atoms. The van der Waals surface area contributed by atoms with Gasteiger partial charge in [-0.1, -0.05) is 19.9 Å². The highest BCUT2D eigenvalue weighted by atomic mass is 16.6. The van der Waals surface area contributed by atoms with E-state index in [2.05, 4.69) is 0 Å². The predicted octanol–water partition coefficient (Wildman–Crippen LogP) is 4.41. The third-order valence-corrected chi connectivity index (χ3v) is 3.03. The lowest BCUT2D eigenvalue weighted by molar-refractivity contribution is -0.394. The molecule has 0 heterocycles. The highest BCUT2D eigenvalue weighted by molar-refractivity contribution is 5.81. The Kier molecular flexibility index (Phi) is 6.05. The smallest absolute Gasteiger partial charge is 0.258 e. The van der Waals surface area contributed by atoms with Gasteiger partial charge in [-0.2, -0.15) is 0 Å². The molecule has 9 nitrogen and oxygen atoms in total. The van der Waals surface area contributed by atoms with Gasteiger partial charge in [0.05, 0.1) is 32.0 Å². The SMILES string of the molecule is CC.Cc1ccc(-c2ccc([N+](=O)[O-])cc2[N+](=O)[O-])c([N+](=O)[O-])c1. The lowest BCUT2D eigenvalue weighted by atomic mass is 10.00. The highest BCUT2D eigenvalue weighted by Crippen LogP contribution is 2.38. The van der Waals surface area contributed by atoms with Gasteiger partial charge in [0, 0.05) is 12.1 Å². The fourth-order valence-corrected chi connectivity index (χ4v) is 2.03. The molecule has 0 amide bonds. The lowest BCUT2D eigenvalue weighted by Crippen LogP contribution is -1.98. The number of hydrogen-bond acceptors (Lipinski definition) is 6. The van der Waals surface area contributed by atoms with E-state index in [1.807, 2.05) is 13.8 Å². The number of nitrogens with zero attached hydrogens (tertiary/aromatic N) is 3. The molecule has 0 saturated heterocycles. The van der Waals surface area contributed by atoms with Crippen molar-refractivity contribution in [3.05, 3.63) is 72.3 Å². The number of nitro groups is 3. The molecule has 0 unspecified atom stereocenters. The maximum absolute atomic E-state index is 11.1. The van der Waals surface area contributed by atoms with Gasteiger partial charge in [-0.25, -0.2) is 0 Å². The molecule has 0 atom stereocenters. The number of nitro benzene ring substituents is 3. The molecule has 0 aliphatic carbocycles. The fourth-order valence-electron chi connectivity index (χ4n) is 2.03. The third-order valence-electron chi connectivity index (χ3n) is 3.03. The topological polar surface area (TPSA) is 129 Å². The number of aryl methyl sites for hydroxylation is 1. The van der Waals surface area contributed by atoms with Crippen LogP contribution in [0.3, 0.4) is 0 Å². The molecule has 0 radical (unpaired) electrons. The molecule has 2 rings (SSSR count). The summed E-state index contributed by atoms with van der Waals surface area (Å²) in [4.78, 5) is 30.8. The van der Waals surface area contributed by atoms with Crippen molar-refractivity contribution in [3.8, 4) is 11.1 Å². The van der Waals surface area contributed by atoms with Crippen LogP contribution < -0.4 is 0 Å². The second kappa shape index (κ2) is 7.77. The second-order valence-electron chi connectivity index (χ2n) is 4.49. The molecule has 0 spiro atoms. The molecular weight excluding hydrogens is 318 g/mol. The zero-order valence-corrected chi connectivity index (χ0v) is 13.3. The normalized spacial score (nSPS) is 9.62. The largest absolute Gasteiger partial charge is 0.284 e.